The molecule has 1 atom stereocenters. The van der Waals surface area contributed by atoms with Crippen molar-refractivity contribution in [2.45, 2.75) is 12.8 Å². The van der Waals surface area contributed by atoms with Crippen molar-refractivity contribution in [2.24, 2.45) is 0 Å². The maximum Gasteiger partial charge on any atom is 0.255 e. The number of benzene rings is 1. The summed E-state index contributed by atoms with van der Waals surface area (Å²) in [6.07, 6.45) is 1.80. The van der Waals surface area contributed by atoms with Gasteiger partial charge < -0.3 is 16.0 Å². The second-order valence-corrected chi connectivity index (χ2v) is 6.08. The van der Waals surface area contributed by atoms with Gasteiger partial charge in [0.1, 0.15) is 0 Å². The molecular weight excluding hydrogens is 284 g/mol. The van der Waals surface area contributed by atoms with Gasteiger partial charge in [0.2, 0.25) is 0 Å². The number of hydrogen-bond donors (Lipinski definition) is 2. The number of amides is 1. The molecule has 6 heteroatoms. The fraction of sp³-hybridized carbons (Fsp3) is 0.333. The van der Waals surface area contributed by atoms with Crippen LogP contribution < -0.4 is 11.1 Å². The average Bonchev–Trinajstić information content (AvgIpc) is 2.98. The second-order valence-electron chi connectivity index (χ2n) is 5.16. The summed E-state index contributed by atoms with van der Waals surface area (Å²) in [6.45, 7) is 2.80. The average molecular weight is 304 g/mol. The summed E-state index contributed by atoms with van der Waals surface area (Å²) in [5, 5.41) is 6.36. The summed E-state index contributed by atoms with van der Waals surface area (Å²) in [4.78, 5) is 18.1. The lowest BCUT2D eigenvalue weighted by atomic mass is 10.1. The van der Waals surface area contributed by atoms with Crippen molar-refractivity contribution in [3.05, 3.63) is 40.3 Å². The molecule has 0 aliphatic rings. The van der Waals surface area contributed by atoms with Crippen molar-refractivity contribution in [3.63, 3.8) is 0 Å². The number of carbonyl (C=O) groups excluding carboxylic acids is 1. The van der Waals surface area contributed by atoms with Crippen LogP contribution in [0.5, 0.6) is 0 Å². The topological polar surface area (TPSA) is 71.2 Å². The van der Waals surface area contributed by atoms with Gasteiger partial charge >= 0.3 is 0 Å². The molecule has 0 saturated carbocycles. The van der Waals surface area contributed by atoms with E-state index >= 15 is 0 Å². The van der Waals surface area contributed by atoms with E-state index in [0.717, 1.165) is 10.7 Å². The smallest absolute Gasteiger partial charge is 0.255 e. The van der Waals surface area contributed by atoms with Crippen molar-refractivity contribution >= 4 is 28.6 Å². The first-order chi connectivity index (χ1) is 9.99. The zero-order chi connectivity index (χ0) is 15.4. The number of nitrogen functional groups attached to an aromatic ring is 1. The van der Waals surface area contributed by atoms with E-state index < -0.39 is 0 Å². The SMILES string of the molecule is CC(CNc1cc(N)ccc1C(=O)N(C)C)c1nccs1. The van der Waals surface area contributed by atoms with Crippen molar-refractivity contribution < 1.29 is 4.79 Å². The van der Waals surface area contributed by atoms with Gasteiger partial charge in [-0.25, -0.2) is 4.98 Å². The zero-order valence-corrected chi connectivity index (χ0v) is 13.3. The highest BCUT2D eigenvalue weighted by molar-refractivity contribution is 7.09. The van der Waals surface area contributed by atoms with Gasteiger partial charge in [-0.3, -0.25) is 4.79 Å². The van der Waals surface area contributed by atoms with E-state index in [1.165, 1.54) is 0 Å². The highest BCUT2D eigenvalue weighted by Crippen LogP contribution is 2.23. The molecule has 0 bridgehead atoms. The standard InChI is InChI=1S/C15H20N4OS/c1-10(14-17-6-7-21-14)9-18-13-8-11(16)4-5-12(13)15(20)19(2)3/h4-8,10,18H,9,16H2,1-3H3. The number of nitrogens with two attached hydrogens (primary N) is 1. The Hall–Kier alpha value is -2.08. The van der Waals surface area contributed by atoms with Crippen LogP contribution in [0.15, 0.2) is 29.8 Å². The maximum atomic E-state index is 12.2. The van der Waals surface area contributed by atoms with Crippen LogP contribution in [0.4, 0.5) is 11.4 Å². The highest BCUT2D eigenvalue weighted by Gasteiger charge is 2.15. The fourth-order valence-electron chi connectivity index (χ4n) is 1.96. The monoisotopic (exact) mass is 304 g/mol. The van der Waals surface area contributed by atoms with E-state index in [-0.39, 0.29) is 11.8 Å². The van der Waals surface area contributed by atoms with E-state index in [4.69, 9.17) is 5.73 Å². The third kappa shape index (κ3) is 3.72. The van der Waals surface area contributed by atoms with Crippen LogP contribution in [-0.2, 0) is 0 Å². The molecule has 0 saturated heterocycles. The quantitative estimate of drug-likeness (QED) is 0.833. The summed E-state index contributed by atoms with van der Waals surface area (Å²) in [7, 11) is 3.47. The molecule has 5 nitrogen and oxygen atoms in total. The largest absolute Gasteiger partial charge is 0.399 e. The lowest BCUT2D eigenvalue weighted by Gasteiger charge is -2.17. The Kier molecular flexibility index (Phi) is 4.80. The van der Waals surface area contributed by atoms with Gasteiger partial charge in [0.15, 0.2) is 0 Å². The number of anilines is 2. The summed E-state index contributed by atoms with van der Waals surface area (Å²) < 4.78 is 0. The minimum atomic E-state index is -0.0422. The molecule has 1 aromatic carbocycles. The first-order valence-corrected chi connectivity index (χ1v) is 7.61. The van der Waals surface area contributed by atoms with Gasteiger partial charge in [-0.15, -0.1) is 11.3 Å². The van der Waals surface area contributed by atoms with Crippen LogP contribution in [0, 0.1) is 0 Å². The summed E-state index contributed by atoms with van der Waals surface area (Å²) >= 11 is 1.63. The van der Waals surface area contributed by atoms with Crippen LogP contribution in [0.3, 0.4) is 0 Å². The molecule has 2 rings (SSSR count). The molecule has 3 N–H and O–H groups in total. The number of hydrogen-bond acceptors (Lipinski definition) is 5. The lowest BCUT2D eigenvalue weighted by molar-refractivity contribution is 0.0828. The number of rotatable bonds is 5. The predicted molar refractivity (Wildman–Crippen MR) is 87.9 cm³/mol. The van der Waals surface area contributed by atoms with E-state index in [2.05, 4.69) is 17.2 Å². The Morgan fingerprint density at radius 1 is 1.48 bits per heavy atom. The van der Waals surface area contributed by atoms with E-state index in [0.29, 0.717) is 17.8 Å². The minimum Gasteiger partial charge on any atom is -0.399 e. The molecule has 0 fully saturated rings. The number of carbonyl (C=O) groups is 1. The Morgan fingerprint density at radius 3 is 2.86 bits per heavy atom. The van der Waals surface area contributed by atoms with E-state index in [1.54, 1.807) is 54.7 Å². The van der Waals surface area contributed by atoms with E-state index in [9.17, 15) is 4.79 Å². The Morgan fingerprint density at radius 2 is 2.24 bits per heavy atom. The molecule has 112 valence electrons. The van der Waals surface area contributed by atoms with Crippen molar-refractivity contribution in [2.75, 3.05) is 31.7 Å². The molecule has 0 aliphatic heterocycles. The fourth-order valence-corrected chi connectivity index (χ4v) is 2.66. The number of aromatic nitrogens is 1. The molecule has 1 aromatic heterocycles. The van der Waals surface area contributed by atoms with Gasteiger partial charge in [0, 0.05) is 49.5 Å². The van der Waals surface area contributed by atoms with Crippen LogP contribution in [0.1, 0.15) is 28.2 Å². The lowest BCUT2D eigenvalue weighted by Crippen LogP contribution is -2.23. The summed E-state index contributed by atoms with van der Waals surface area (Å²) in [5.74, 6) is 0.230. The number of nitrogens with one attached hydrogen (secondary N) is 1. The van der Waals surface area contributed by atoms with Crippen LogP contribution in [0.25, 0.3) is 0 Å². The third-order valence-electron chi connectivity index (χ3n) is 3.15. The summed E-state index contributed by atoms with van der Waals surface area (Å²) in [5.41, 5.74) is 7.85. The molecule has 0 aliphatic carbocycles. The van der Waals surface area contributed by atoms with Gasteiger partial charge in [0.05, 0.1) is 10.6 Å². The highest BCUT2D eigenvalue weighted by atomic mass is 32.1. The predicted octanol–water partition coefficient (Wildman–Crippen LogP) is 2.64. The molecule has 21 heavy (non-hydrogen) atoms. The number of nitrogens with zero attached hydrogens (tertiary/aromatic N) is 2. The molecule has 1 heterocycles. The second kappa shape index (κ2) is 6.58. The van der Waals surface area contributed by atoms with Crippen LogP contribution in [-0.4, -0.2) is 36.4 Å². The van der Waals surface area contributed by atoms with Crippen molar-refractivity contribution in [1.82, 2.24) is 9.88 Å². The molecule has 1 amide bonds. The zero-order valence-electron chi connectivity index (χ0n) is 12.5. The van der Waals surface area contributed by atoms with Crippen LogP contribution in [0.2, 0.25) is 0 Å². The van der Waals surface area contributed by atoms with Gasteiger partial charge in [-0.1, -0.05) is 6.92 Å². The van der Waals surface area contributed by atoms with E-state index in [1.807, 2.05) is 5.38 Å². The molecule has 0 spiro atoms. The normalized spacial score (nSPS) is 12.0. The molecule has 0 radical (unpaired) electrons. The number of thiazole rings is 1. The summed E-state index contributed by atoms with van der Waals surface area (Å²) in [6, 6.07) is 5.30. The van der Waals surface area contributed by atoms with Gasteiger partial charge in [-0.05, 0) is 18.2 Å². The van der Waals surface area contributed by atoms with Gasteiger partial charge in [-0.2, -0.15) is 0 Å². The third-order valence-corrected chi connectivity index (χ3v) is 4.16. The first kappa shape index (κ1) is 15.3. The minimum absolute atomic E-state index is 0.0422. The Labute approximate surface area is 128 Å². The maximum absolute atomic E-state index is 12.2. The molecule has 1 unspecified atom stereocenters. The van der Waals surface area contributed by atoms with Crippen LogP contribution >= 0.6 is 11.3 Å². The molecule has 2 aromatic rings. The Bertz CT molecular complexity index is 610. The first-order valence-electron chi connectivity index (χ1n) is 6.73. The van der Waals surface area contributed by atoms with Crippen molar-refractivity contribution in [1.29, 1.82) is 0 Å². The van der Waals surface area contributed by atoms with Gasteiger partial charge in [0.25, 0.3) is 5.91 Å². The van der Waals surface area contributed by atoms with Crippen molar-refractivity contribution in [3.8, 4) is 0 Å². The molecular formula is C15H20N4OS. The Balaban J connectivity index is 2.15.